The number of carbonyl (C=O) groups is 1. The third kappa shape index (κ3) is 3.19. The van der Waals surface area contributed by atoms with Crippen LogP contribution in [-0.2, 0) is 4.79 Å². The maximum absolute atomic E-state index is 13.3. The highest BCUT2D eigenvalue weighted by atomic mass is 16.5. The summed E-state index contributed by atoms with van der Waals surface area (Å²) in [5.74, 6) is 0.450. The summed E-state index contributed by atoms with van der Waals surface area (Å²) in [6.07, 6.45) is 0. The minimum atomic E-state index is -0.293. The average Bonchev–Trinajstić information content (AvgIpc) is 3.24. The lowest BCUT2D eigenvalue weighted by Gasteiger charge is -2.36. The van der Waals surface area contributed by atoms with Crippen molar-refractivity contribution >= 4 is 34.5 Å². The molecule has 3 aliphatic heterocycles. The van der Waals surface area contributed by atoms with Gasteiger partial charge in [0.25, 0.3) is 5.71 Å². The van der Waals surface area contributed by atoms with E-state index < -0.39 is 0 Å². The first-order valence-corrected chi connectivity index (χ1v) is 10.2. The number of fused-ring (bicyclic) bond motifs is 3. The van der Waals surface area contributed by atoms with Crippen LogP contribution in [-0.4, -0.2) is 72.9 Å². The molecule has 1 amide bonds. The molecule has 2 N–H and O–H groups in total. The Bertz CT molecular complexity index is 1040. The fourth-order valence-corrected chi connectivity index (χ4v) is 4.42. The Morgan fingerprint density at radius 1 is 1.07 bits per heavy atom. The zero-order valence-electron chi connectivity index (χ0n) is 16.7. The van der Waals surface area contributed by atoms with Gasteiger partial charge in [0.15, 0.2) is 0 Å². The summed E-state index contributed by atoms with van der Waals surface area (Å²) in [5.41, 5.74) is 9.42. The predicted octanol–water partition coefficient (Wildman–Crippen LogP) is 1.16. The monoisotopic (exact) mass is 404 g/mol. The van der Waals surface area contributed by atoms with Crippen molar-refractivity contribution in [1.29, 1.82) is 0 Å². The van der Waals surface area contributed by atoms with E-state index in [1.54, 1.807) is 0 Å². The van der Waals surface area contributed by atoms with Crippen LogP contribution in [0.15, 0.2) is 53.5 Å². The first-order valence-electron chi connectivity index (χ1n) is 10.2. The second kappa shape index (κ2) is 7.46. The van der Waals surface area contributed by atoms with Crippen molar-refractivity contribution in [2.24, 2.45) is 10.7 Å². The van der Waals surface area contributed by atoms with Crippen LogP contribution in [0.4, 0.5) is 17.1 Å². The molecule has 0 radical (unpaired) electrons. The number of benzene rings is 2. The van der Waals surface area contributed by atoms with Gasteiger partial charge in [-0.15, -0.1) is 0 Å². The zero-order valence-corrected chi connectivity index (χ0v) is 16.7. The maximum Gasteiger partial charge on any atom is 0.267 e. The van der Waals surface area contributed by atoms with Crippen molar-refractivity contribution in [3.63, 3.8) is 0 Å². The third-order valence-electron chi connectivity index (χ3n) is 5.89. The Kier molecular flexibility index (Phi) is 4.63. The highest BCUT2D eigenvalue weighted by Gasteiger charge is 2.38. The van der Waals surface area contributed by atoms with Crippen LogP contribution in [0.5, 0.6) is 0 Å². The summed E-state index contributed by atoms with van der Waals surface area (Å²) in [4.78, 5) is 22.3. The molecule has 3 heterocycles. The van der Waals surface area contributed by atoms with Crippen molar-refractivity contribution in [2.75, 3.05) is 55.6 Å². The molecule has 2 aromatic carbocycles. The first kappa shape index (κ1) is 18.6. The molecule has 0 unspecified atom stereocenters. The fraction of sp³-hybridized carbons (Fsp3) is 0.318. The third-order valence-corrected chi connectivity index (χ3v) is 5.89. The average molecular weight is 404 g/mol. The molecule has 154 valence electrons. The van der Waals surface area contributed by atoms with Gasteiger partial charge >= 0.3 is 0 Å². The van der Waals surface area contributed by atoms with Crippen molar-refractivity contribution < 1.29 is 9.53 Å². The molecule has 0 bridgehead atoms. The molecule has 1 fully saturated rings. The number of nitrogens with two attached hydrogens (primary N) is 1. The molecule has 0 saturated carbocycles. The molecule has 30 heavy (non-hydrogen) atoms. The molecular formula is C22H24N6O2. The number of hydrogen-bond donors (Lipinski definition) is 1. The van der Waals surface area contributed by atoms with E-state index in [0.717, 1.165) is 60.2 Å². The normalized spacial score (nSPS) is 18.9. The van der Waals surface area contributed by atoms with E-state index in [9.17, 15) is 10.0 Å². The second-order valence-corrected chi connectivity index (χ2v) is 7.77. The van der Waals surface area contributed by atoms with Crippen molar-refractivity contribution in [3.05, 3.63) is 59.3 Å². The molecule has 2 aromatic rings. The topological polar surface area (TPSA) is 91.2 Å². The van der Waals surface area contributed by atoms with Gasteiger partial charge in [-0.05, 0) is 24.3 Å². The molecular weight excluding hydrogens is 380 g/mol. The van der Waals surface area contributed by atoms with E-state index in [1.807, 2.05) is 42.5 Å². The molecule has 0 atom stereocenters. The smallest absolute Gasteiger partial charge is 0.267 e. The van der Waals surface area contributed by atoms with Crippen LogP contribution >= 0.6 is 0 Å². The molecule has 0 spiro atoms. The lowest BCUT2D eigenvalue weighted by Crippen LogP contribution is -2.49. The van der Waals surface area contributed by atoms with Crippen molar-refractivity contribution in [2.45, 2.75) is 0 Å². The van der Waals surface area contributed by atoms with E-state index in [1.165, 1.54) is 0 Å². The SMILES string of the molecule is NC(=O)CN1CCN(c2ccc3c(c2)N2CCN=C2C(c2ccccc2)=[N+]3[O-])CC1. The molecule has 0 aromatic heterocycles. The molecule has 8 nitrogen and oxygen atoms in total. The number of rotatable bonds is 4. The Balaban J connectivity index is 1.47. The molecule has 3 aliphatic rings. The van der Waals surface area contributed by atoms with E-state index in [0.29, 0.717) is 24.5 Å². The Labute approximate surface area is 175 Å². The van der Waals surface area contributed by atoms with Crippen LogP contribution in [0.25, 0.3) is 0 Å². The van der Waals surface area contributed by atoms with Crippen LogP contribution in [0.2, 0.25) is 0 Å². The lowest BCUT2D eigenvalue weighted by molar-refractivity contribution is -0.358. The Morgan fingerprint density at radius 3 is 2.57 bits per heavy atom. The van der Waals surface area contributed by atoms with Gasteiger partial charge in [0, 0.05) is 44.5 Å². The number of nitrogens with zero attached hydrogens (tertiary/aromatic N) is 5. The van der Waals surface area contributed by atoms with Gasteiger partial charge in [-0.3, -0.25) is 14.7 Å². The van der Waals surface area contributed by atoms with Gasteiger partial charge in [0.1, 0.15) is 5.69 Å². The summed E-state index contributed by atoms with van der Waals surface area (Å²) >= 11 is 0. The largest absolute Gasteiger partial charge is 0.618 e. The Hall–Kier alpha value is -3.39. The van der Waals surface area contributed by atoms with Crippen molar-refractivity contribution in [3.8, 4) is 0 Å². The number of amidine groups is 1. The predicted molar refractivity (Wildman–Crippen MR) is 118 cm³/mol. The summed E-state index contributed by atoms with van der Waals surface area (Å²) < 4.78 is 1.01. The number of primary amides is 1. The molecule has 0 aliphatic carbocycles. The van der Waals surface area contributed by atoms with Crippen LogP contribution < -0.4 is 15.5 Å². The standard InChI is InChI=1S/C22H24N6O2/c23-20(29)15-25-10-12-26(13-11-25)17-6-7-18-19(14-17)27-9-8-24-22(27)21(28(18)30)16-4-2-1-3-5-16/h1-7,14H,8-13,15H2,(H2,23,29). The van der Waals surface area contributed by atoms with Gasteiger partial charge < -0.3 is 20.7 Å². The van der Waals surface area contributed by atoms with Gasteiger partial charge in [0.05, 0.1) is 18.7 Å². The fourth-order valence-electron chi connectivity index (χ4n) is 4.42. The highest BCUT2D eigenvalue weighted by Crippen LogP contribution is 2.38. The highest BCUT2D eigenvalue weighted by molar-refractivity contribution is 6.51. The van der Waals surface area contributed by atoms with Crippen LogP contribution in [0, 0.1) is 5.21 Å². The molecule has 1 saturated heterocycles. The number of hydrogen-bond acceptors (Lipinski definition) is 6. The number of amides is 1. The zero-order chi connectivity index (χ0) is 20.7. The maximum atomic E-state index is 13.3. The number of piperazine rings is 1. The van der Waals surface area contributed by atoms with E-state index in [-0.39, 0.29) is 5.91 Å². The summed E-state index contributed by atoms with van der Waals surface area (Å²) in [6, 6.07) is 15.7. The quantitative estimate of drug-likeness (QED) is 0.610. The summed E-state index contributed by atoms with van der Waals surface area (Å²) in [6.45, 7) is 4.95. The molecule has 5 rings (SSSR count). The van der Waals surface area contributed by atoms with Crippen LogP contribution in [0.3, 0.4) is 0 Å². The summed E-state index contributed by atoms with van der Waals surface area (Å²) in [5, 5.41) is 13.3. The second-order valence-electron chi connectivity index (χ2n) is 7.77. The van der Waals surface area contributed by atoms with Gasteiger partial charge in [-0.1, -0.05) is 18.2 Å². The number of anilines is 2. The van der Waals surface area contributed by atoms with Gasteiger partial charge in [0.2, 0.25) is 17.4 Å². The summed E-state index contributed by atoms with van der Waals surface area (Å²) in [7, 11) is 0. The lowest BCUT2D eigenvalue weighted by atomic mass is 10.0. The van der Waals surface area contributed by atoms with Gasteiger partial charge in [-0.2, -0.15) is 4.74 Å². The Morgan fingerprint density at radius 2 is 1.83 bits per heavy atom. The minimum absolute atomic E-state index is 0.293. The van der Waals surface area contributed by atoms with E-state index >= 15 is 0 Å². The van der Waals surface area contributed by atoms with E-state index in [4.69, 9.17) is 5.73 Å². The van der Waals surface area contributed by atoms with Gasteiger partial charge in [-0.25, -0.2) is 0 Å². The molecule has 8 heteroatoms. The minimum Gasteiger partial charge on any atom is -0.618 e. The number of carbonyl (C=O) groups excluding carboxylic acids is 1. The number of aliphatic imine (C=N–C) groups is 1. The van der Waals surface area contributed by atoms with E-state index in [2.05, 4.69) is 25.8 Å². The van der Waals surface area contributed by atoms with Crippen LogP contribution in [0.1, 0.15) is 5.56 Å². The van der Waals surface area contributed by atoms with Crippen molar-refractivity contribution in [1.82, 2.24) is 4.90 Å². The first-order chi connectivity index (χ1) is 14.6.